The summed E-state index contributed by atoms with van der Waals surface area (Å²) in [7, 11) is 0. The third-order valence-electron chi connectivity index (χ3n) is 6.45. The monoisotopic (exact) mass is 469 g/mol. The molecular formula is C30H35N3O2. The number of imidazole rings is 1. The quantitative estimate of drug-likeness (QED) is 0.286. The predicted octanol–water partition coefficient (Wildman–Crippen LogP) is 5.72. The van der Waals surface area contributed by atoms with E-state index in [-0.39, 0.29) is 5.91 Å². The summed E-state index contributed by atoms with van der Waals surface area (Å²) >= 11 is 0. The average molecular weight is 470 g/mol. The number of aromatic nitrogens is 2. The van der Waals surface area contributed by atoms with Gasteiger partial charge in [-0.1, -0.05) is 54.6 Å². The molecule has 4 aromatic rings. The summed E-state index contributed by atoms with van der Waals surface area (Å²) in [6, 6.07) is 22.5. The van der Waals surface area contributed by atoms with Crippen molar-refractivity contribution in [3.63, 3.8) is 0 Å². The Morgan fingerprint density at radius 1 is 0.886 bits per heavy atom. The van der Waals surface area contributed by atoms with Crippen LogP contribution in [0.2, 0.25) is 0 Å². The zero-order valence-electron chi connectivity index (χ0n) is 21.0. The van der Waals surface area contributed by atoms with Crippen LogP contribution in [-0.4, -0.2) is 28.6 Å². The van der Waals surface area contributed by atoms with Crippen molar-refractivity contribution in [2.75, 3.05) is 13.2 Å². The molecule has 0 saturated carbocycles. The van der Waals surface area contributed by atoms with Crippen LogP contribution in [0.3, 0.4) is 0 Å². The molecule has 0 radical (unpaired) electrons. The second kappa shape index (κ2) is 11.7. The van der Waals surface area contributed by atoms with Crippen LogP contribution in [0.4, 0.5) is 0 Å². The van der Waals surface area contributed by atoms with Crippen molar-refractivity contribution in [2.45, 2.75) is 53.0 Å². The molecule has 35 heavy (non-hydrogen) atoms. The maximum atomic E-state index is 12.5. The van der Waals surface area contributed by atoms with Crippen molar-refractivity contribution in [1.29, 1.82) is 0 Å². The molecule has 5 nitrogen and oxygen atoms in total. The predicted molar refractivity (Wildman–Crippen MR) is 142 cm³/mol. The highest BCUT2D eigenvalue weighted by molar-refractivity contribution is 5.79. The molecule has 0 aliphatic rings. The Kier molecular flexibility index (Phi) is 8.19. The van der Waals surface area contributed by atoms with Crippen LogP contribution in [0.25, 0.3) is 11.0 Å². The second-order valence-electron chi connectivity index (χ2n) is 9.15. The standard InChI is InChI=1S/C30H35N3O2/c1-22-11-4-5-14-25(22)21-29(34)31-18-17-28-32-26-15-6-7-16-27(26)33(28)19-8-9-20-35-30-23(2)12-10-13-24(30)3/h4-7,10-16H,8-9,17-21H2,1-3H3,(H,31,34). The van der Waals surface area contributed by atoms with E-state index in [1.807, 2.05) is 37.3 Å². The lowest BCUT2D eigenvalue weighted by molar-refractivity contribution is -0.120. The minimum absolute atomic E-state index is 0.0469. The van der Waals surface area contributed by atoms with Crippen molar-refractivity contribution >= 4 is 16.9 Å². The number of aryl methyl sites for hydroxylation is 4. The van der Waals surface area contributed by atoms with E-state index in [4.69, 9.17) is 9.72 Å². The number of amides is 1. The number of fused-ring (bicyclic) bond motifs is 1. The highest BCUT2D eigenvalue weighted by Gasteiger charge is 2.12. The van der Waals surface area contributed by atoms with Crippen LogP contribution in [0, 0.1) is 20.8 Å². The third kappa shape index (κ3) is 6.30. The highest BCUT2D eigenvalue weighted by Crippen LogP contribution is 2.23. The number of unbranched alkanes of at least 4 members (excludes halogenated alkanes) is 1. The van der Waals surface area contributed by atoms with Gasteiger partial charge >= 0.3 is 0 Å². The van der Waals surface area contributed by atoms with E-state index in [1.165, 1.54) is 11.1 Å². The van der Waals surface area contributed by atoms with Gasteiger partial charge in [-0.05, 0) is 68.0 Å². The molecule has 5 heteroatoms. The van der Waals surface area contributed by atoms with Crippen molar-refractivity contribution in [2.24, 2.45) is 0 Å². The first kappa shape index (κ1) is 24.5. The third-order valence-corrected chi connectivity index (χ3v) is 6.45. The lowest BCUT2D eigenvalue weighted by Gasteiger charge is -2.13. The maximum Gasteiger partial charge on any atom is 0.224 e. The van der Waals surface area contributed by atoms with Crippen LogP contribution < -0.4 is 10.1 Å². The summed E-state index contributed by atoms with van der Waals surface area (Å²) in [4.78, 5) is 17.3. The van der Waals surface area contributed by atoms with Gasteiger partial charge in [0.2, 0.25) is 5.91 Å². The molecular weight excluding hydrogens is 434 g/mol. The Bertz CT molecular complexity index is 1270. The first-order valence-electron chi connectivity index (χ1n) is 12.5. The zero-order valence-corrected chi connectivity index (χ0v) is 21.0. The number of ether oxygens (including phenoxy) is 1. The van der Waals surface area contributed by atoms with Gasteiger partial charge in [-0.15, -0.1) is 0 Å². The van der Waals surface area contributed by atoms with E-state index < -0.39 is 0 Å². The van der Waals surface area contributed by atoms with Gasteiger partial charge in [0.1, 0.15) is 11.6 Å². The van der Waals surface area contributed by atoms with Crippen LogP contribution in [0.1, 0.15) is 40.9 Å². The molecule has 0 fully saturated rings. The number of hydrogen-bond acceptors (Lipinski definition) is 3. The van der Waals surface area contributed by atoms with Gasteiger partial charge in [-0.3, -0.25) is 4.79 Å². The Labute approximate surface area is 208 Å². The number of benzene rings is 3. The first-order valence-corrected chi connectivity index (χ1v) is 12.5. The molecule has 1 N–H and O–H groups in total. The molecule has 1 heterocycles. The van der Waals surface area contributed by atoms with Crippen LogP contribution in [0.5, 0.6) is 5.75 Å². The van der Waals surface area contributed by atoms with Gasteiger partial charge < -0.3 is 14.6 Å². The zero-order chi connectivity index (χ0) is 24.6. The van der Waals surface area contributed by atoms with Crippen molar-refractivity contribution in [3.8, 4) is 5.75 Å². The Hall–Kier alpha value is -3.60. The Morgan fingerprint density at radius 2 is 1.60 bits per heavy atom. The van der Waals surface area contributed by atoms with E-state index in [9.17, 15) is 4.79 Å². The van der Waals surface area contributed by atoms with Gasteiger partial charge in [-0.2, -0.15) is 0 Å². The molecule has 0 aliphatic carbocycles. The highest BCUT2D eigenvalue weighted by atomic mass is 16.5. The van der Waals surface area contributed by atoms with Crippen LogP contribution >= 0.6 is 0 Å². The summed E-state index contributed by atoms with van der Waals surface area (Å²) in [5, 5.41) is 3.07. The molecule has 182 valence electrons. The van der Waals surface area contributed by atoms with E-state index in [2.05, 4.69) is 60.1 Å². The average Bonchev–Trinajstić information content (AvgIpc) is 3.19. The van der Waals surface area contributed by atoms with Gasteiger partial charge in [0.25, 0.3) is 0 Å². The second-order valence-corrected chi connectivity index (χ2v) is 9.15. The summed E-state index contributed by atoms with van der Waals surface area (Å²) in [6.07, 6.45) is 3.07. The van der Waals surface area contributed by atoms with Crippen molar-refractivity contribution < 1.29 is 9.53 Å². The molecule has 0 saturated heterocycles. The minimum atomic E-state index is 0.0469. The molecule has 1 aromatic heterocycles. The molecule has 1 amide bonds. The molecule has 0 atom stereocenters. The van der Waals surface area contributed by atoms with Gasteiger partial charge in [0.05, 0.1) is 24.1 Å². The first-order chi connectivity index (χ1) is 17.0. The Morgan fingerprint density at radius 3 is 2.40 bits per heavy atom. The lowest BCUT2D eigenvalue weighted by atomic mass is 10.1. The molecule has 0 bridgehead atoms. The van der Waals surface area contributed by atoms with E-state index in [1.54, 1.807) is 0 Å². The molecule has 3 aromatic carbocycles. The van der Waals surface area contributed by atoms with Crippen molar-refractivity contribution in [1.82, 2.24) is 14.9 Å². The molecule has 0 spiro atoms. The largest absolute Gasteiger partial charge is 0.493 e. The fourth-order valence-corrected chi connectivity index (χ4v) is 4.50. The minimum Gasteiger partial charge on any atom is -0.493 e. The molecule has 0 aliphatic heterocycles. The van der Waals surface area contributed by atoms with E-state index in [0.29, 0.717) is 26.0 Å². The van der Waals surface area contributed by atoms with E-state index in [0.717, 1.165) is 53.1 Å². The number of nitrogens with zero attached hydrogens (tertiary/aromatic N) is 2. The number of carbonyl (C=O) groups excluding carboxylic acids is 1. The summed E-state index contributed by atoms with van der Waals surface area (Å²) in [5.41, 5.74) is 6.71. The smallest absolute Gasteiger partial charge is 0.224 e. The summed E-state index contributed by atoms with van der Waals surface area (Å²) < 4.78 is 8.37. The van der Waals surface area contributed by atoms with E-state index >= 15 is 0 Å². The normalized spacial score (nSPS) is 11.1. The topological polar surface area (TPSA) is 56.2 Å². The number of hydrogen-bond donors (Lipinski definition) is 1. The number of nitrogens with one attached hydrogen (secondary N) is 1. The number of para-hydroxylation sites is 3. The number of carbonyl (C=O) groups is 1. The van der Waals surface area contributed by atoms with Crippen LogP contribution in [0.15, 0.2) is 66.7 Å². The Balaban J connectivity index is 1.32. The van der Waals surface area contributed by atoms with Gasteiger partial charge in [0, 0.05) is 19.5 Å². The summed E-state index contributed by atoms with van der Waals surface area (Å²) in [5.74, 6) is 2.06. The van der Waals surface area contributed by atoms with Crippen molar-refractivity contribution in [3.05, 3.63) is 94.8 Å². The fraction of sp³-hybridized carbons (Fsp3) is 0.333. The molecule has 4 rings (SSSR count). The van der Waals surface area contributed by atoms with Gasteiger partial charge in [-0.25, -0.2) is 4.98 Å². The SMILES string of the molecule is Cc1ccccc1CC(=O)NCCc1nc2ccccc2n1CCCCOc1c(C)cccc1C. The maximum absolute atomic E-state index is 12.5. The number of rotatable bonds is 11. The molecule has 0 unspecified atom stereocenters. The summed E-state index contributed by atoms with van der Waals surface area (Å²) in [6.45, 7) is 8.37. The van der Waals surface area contributed by atoms with Gasteiger partial charge in [0.15, 0.2) is 0 Å². The van der Waals surface area contributed by atoms with Crippen LogP contribution in [-0.2, 0) is 24.2 Å². The fourth-order valence-electron chi connectivity index (χ4n) is 4.50. The lowest BCUT2D eigenvalue weighted by Crippen LogP contribution is -2.28.